The van der Waals surface area contributed by atoms with Gasteiger partial charge >= 0.3 is 0 Å². The van der Waals surface area contributed by atoms with Gasteiger partial charge in [0.2, 0.25) is 5.91 Å². The molecule has 0 aliphatic rings. The maximum absolute atomic E-state index is 12.0. The number of hydrogen-bond acceptors (Lipinski definition) is 3. The van der Waals surface area contributed by atoms with E-state index < -0.39 is 0 Å². The van der Waals surface area contributed by atoms with Crippen molar-refractivity contribution in [2.45, 2.75) is 26.8 Å². The molecule has 128 valence electrons. The maximum Gasteiger partial charge on any atom is 0.251 e. The first-order valence-electron chi connectivity index (χ1n) is 7.81. The van der Waals surface area contributed by atoms with Gasteiger partial charge in [-0.05, 0) is 30.2 Å². The fourth-order valence-electron chi connectivity index (χ4n) is 2.13. The molecule has 0 radical (unpaired) electrons. The average Bonchev–Trinajstić information content (AvgIpc) is 2.94. The molecule has 1 aromatic heterocycles. The molecular weight excluding hydrogens is 372 g/mol. The molecule has 0 unspecified atom stereocenters. The summed E-state index contributed by atoms with van der Waals surface area (Å²) >= 11 is 3.32. The summed E-state index contributed by atoms with van der Waals surface area (Å²) < 4.78 is 2.68. The number of benzene rings is 1. The van der Waals surface area contributed by atoms with Gasteiger partial charge in [-0.25, -0.2) is 4.68 Å². The maximum atomic E-state index is 12.0. The van der Waals surface area contributed by atoms with Crippen LogP contribution in [0.4, 0.5) is 5.82 Å². The van der Waals surface area contributed by atoms with Gasteiger partial charge in [0.05, 0.1) is 6.20 Å². The van der Waals surface area contributed by atoms with Crippen LogP contribution in [0.3, 0.4) is 0 Å². The van der Waals surface area contributed by atoms with Crippen LogP contribution >= 0.6 is 15.9 Å². The van der Waals surface area contributed by atoms with Crippen molar-refractivity contribution < 1.29 is 9.59 Å². The number of carbonyl (C=O) groups is 2. The molecule has 2 rings (SSSR count). The summed E-state index contributed by atoms with van der Waals surface area (Å²) in [7, 11) is 0. The van der Waals surface area contributed by atoms with E-state index in [1.54, 1.807) is 41.2 Å². The van der Waals surface area contributed by atoms with Gasteiger partial charge in [0.15, 0.2) is 0 Å². The Labute approximate surface area is 149 Å². The van der Waals surface area contributed by atoms with Gasteiger partial charge in [-0.2, -0.15) is 5.10 Å². The standard InChI is InChI=1S/C17H21BrN4O2/c1-12(2)11-22-15(7-10-20-22)21-16(23)8-9-19-17(24)13-3-5-14(18)6-4-13/h3-7,10,12H,8-9,11H2,1-2H3,(H,19,24)(H,21,23). The lowest BCUT2D eigenvalue weighted by atomic mass is 10.2. The van der Waals surface area contributed by atoms with Gasteiger partial charge in [0.1, 0.15) is 5.82 Å². The monoisotopic (exact) mass is 392 g/mol. The van der Waals surface area contributed by atoms with Gasteiger partial charge in [0, 0.05) is 35.6 Å². The quantitative estimate of drug-likeness (QED) is 0.759. The first-order chi connectivity index (χ1) is 11.5. The second-order valence-electron chi connectivity index (χ2n) is 5.85. The predicted octanol–water partition coefficient (Wildman–Crippen LogP) is 3.06. The van der Waals surface area contributed by atoms with Gasteiger partial charge < -0.3 is 10.6 Å². The van der Waals surface area contributed by atoms with Crippen molar-refractivity contribution in [1.82, 2.24) is 15.1 Å². The molecule has 24 heavy (non-hydrogen) atoms. The molecule has 0 saturated heterocycles. The second kappa shape index (κ2) is 8.63. The zero-order chi connectivity index (χ0) is 17.5. The number of aromatic nitrogens is 2. The zero-order valence-electron chi connectivity index (χ0n) is 13.8. The lowest BCUT2D eigenvalue weighted by Crippen LogP contribution is -2.28. The first kappa shape index (κ1) is 18.2. The van der Waals surface area contributed by atoms with Crippen molar-refractivity contribution in [2.75, 3.05) is 11.9 Å². The minimum atomic E-state index is -0.194. The molecule has 2 amide bonds. The molecule has 1 aromatic carbocycles. The van der Waals surface area contributed by atoms with Crippen LogP contribution < -0.4 is 10.6 Å². The summed E-state index contributed by atoms with van der Waals surface area (Å²) in [5.41, 5.74) is 0.564. The van der Waals surface area contributed by atoms with Crippen LogP contribution in [0.15, 0.2) is 41.0 Å². The van der Waals surface area contributed by atoms with Crippen molar-refractivity contribution in [1.29, 1.82) is 0 Å². The van der Waals surface area contributed by atoms with Crippen molar-refractivity contribution in [2.24, 2.45) is 5.92 Å². The van der Waals surface area contributed by atoms with E-state index in [9.17, 15) is 9.59 Å². The van der Waals surface area contributed by atoms with Crippen molar-refractivity contribution in [3.8, 4) is 0 Å². The van der Waals surface area contributed by atoms with Crippen molar-refractivity contribution in [3.63, 3.8) is 0 Å². The summed E-state index contributed by atoms with van der Waals surface area (Å²) in [5.74, 6) is 0.760. The molecule has 0 aliphatic carbocycles. The third kappa shape index (κ3) is 5.49. The Morgan fingerprint density at radius 1 is 1.21 bits per heavy atom. The third-order valence-electron chi connectivity index (χ3n) is 3.27. The first-order valence-corrected chi connectivity index (χ1v) is 8.60. The van der Waals surface area contributed by atoms with E-state index in [4.69, 9.17) is 0 Å². The Morgan fingerprint density at radius 2 is 1.92 bits per heavy atom. The Kier molecular flexibility index (Phi) is 6.54. The summed E-state index contributed by atoms with van der Waals surface area (Å²) in [5, 5.41) is 9.75. The van der Waals surface area contributed by atoms with Crippen LogP contribution in [0, 0.1) is 5.92 Å². The van der Waals surface area contributed by atoms with Gasteiger partial charge in [-0.3, -0.25) is 9.59 Å². The lowest BCUT2D eigenvalue weighted by Gasteiger charge is -2.11. The van der Waals surface area contributed by atoms with E-state index in [0.29, 0.717) is 17.3 Å². The van der Waals surface area contributed by atoms with Crippen LogP contribution in [0.5, 0.6) is 0 Å². The number of hydrogen-bond donors (Lipinski definition) is 2. The van der Waals surface area contributed by atoms with E-state index in [2.05, 4.69) is 45.5 Å². The van der Waals surface area contributed by atoms with Crippen molar-refractivity contribution in [3.05, 3.63) is 46.6 Å². The Balaban J connectivity index is 1.78. The SMILES string of the molecule is CC(C)Cn1nccc1NC(=O)CCNC(=O)c1ccc(Br)cc1. The number of amides is 2. The molecular formula is C17H21BrN4O2. The molecule has 0 bridgehead atoms. The molecule has 1 heterocycles. The molecule has 0 aliphatic heterocycles. The second-order valence-corrected chi connectivity index (χ2v) is 6.77. The van der Waals surface area contributed by atoms with E-state index in [1.807, 2.05) is 0 Å². The number of halogens is 1. The van der Waals surface area contributed by atoms with E-state index >= 15 is 0 Å². The molecule has 6 nitrogen and oxygen atoms in total. The number of nitrogens with zero attached hydrogens (tertiary/aromatic N) is 2. The highest BCUT2D eigenvalue weighted by Gasteiger charge is 2.10. The summed E-state index contributed by atoms with van der Waals surface area (Å²) in [6.07, 6.45) is 1.86. The zero-order valence-corrected chi connectivity index (χ0v) is 15.3. The Hall–Kier alpha value is -2.15. The molecule has 0 saturated carbocycles. The minimum absolute atomic E-state index is 0.156. The Morgan fingerprint density at radius 3 is 2.58 bits per heavy atom. The fourth-order valence-corrected chi connectivity index (χ4v) is 2.39. The van der Waals surface area contributed by atoms with Crippen LogP contribution in [0.1, 0.15) is 30.6 Å². The van der Waals surface area contributed by atoms with Crippen LogP contribution in [0.2, 0.25) is 0 Å². The number of rotatable bonds is 7. The number of anilines is 1. The van der Waals surface area contributed by atoms with E-state index in [1.165, 1.54) is 0 Å². The van der Waals surface area contributed by atoms with Gasteiger partial charge in [-0.15, -0.1) is 0 Å². The smallest absolute Gasteiger partial charge is 0.251 e. The highest BCUT2D eigenvalue weighted by atomic mass is 79.9. The number of nitrogens with one attached hydrogen (secondary N) is 2. The summed E-state index contributed by atoms with van der Waals surface area (Å²) in [6.45, 7) is 5.19. The third-order valence-corrected chi connectivity index (χ3v) is 3.79. The summed E-state index contributed by atoms with van der Waals surface area (Å²) in [4.78, 5) is 24.0. The summed E-state index contributed by atoms with van der Waals surface area (Å²) in [6, 6.07) is 8.82. The predicted molar refractivity (Wildman–Crippen MR) is 96.8 cm³/mol. The lowest BCUT2D eigenvalue weighted by molar-refractivity contribution is -0.116. The molecule has 7 heteroatoms. The highest BCUT2D eigenvalue weighted by Crippen LogP contribution is 2.11. The van der Waals surface area contributed by atoms with Gasteiger partial charge in [0.25, 0.3) is 5.91 Å². The van der Waals surface area contributed by atoms with Crippen LogP contribution in [-0.2, 0) is 11.3 Å². The normalized spacial score (nSPS) is 10.7. The minimum Gasteiger partial charge on any atom is -0.352 e. The van der Waals surface area contributed by atoms with Crippen LogP contribution in [0.25, 0.3) is 0 Å². The average molecular weight is 393 g/mol. The largest absolute Gasteiger partial charge is 0.352 e. The molecule has 0 fully saturated rings. The molecule has 0 spiro atoms. The van der Waals surface area contributed by atoms with Crippen molar-refractivity contribution >= 4 is 33.6 Å². The fraction of sp³-hybridized carbons (Fsp3) is 0.353. The Bertz CT molecular complexity index is 695. The number of carbonyl (C=O) groups excluding carboxylic acids is 2. The molecule has 0 atom stereocenters. The van der Waals surface area contributed by atoms with E-state index in [0.717, 1.165) is 11.0 Å². The van der Waals surface area contributed by atoms with E-state index in [-0.39, 0.29) is 24.8 Å². The van der Waals surface area contributed by atoms with Crippen LogP contribution in [-0.4, -0.2) is 28.1 Å². The van der Waals surface area contributed by atoms with Gasteiger partial charge in [-0.1, -0.05) is 29.8 Å². The highest BCUT2D eigenvalue weighted by molar-refractivity contribution is 9.10. The topological polar surface area (TPSA) is 76.0 Å². The molecule has 2 aromatic rings. The molecule has 2 N–H and O–H groups in total.